The van der Waals surface area contributed by atoms with Gasteiger partial charge in [0.15, 0.2) is 5.78 Å². The molecule has 2 unspecified atom stereocenters. The molecule has 2 rings (SSSR count). The Kier molecular flexibility index (Phi) is 2.13. The van der Waals surface area contributed by atoms with Gasteiger partial charge in [-0.1, -0.05) is 0 Å². The van der Waals surface area contributed by atoms with E-state index in [9.17, 15) is 4.79 Å². The van der Waals surface area contributed by atoms with Gasteiger partial charge in [-0.05, 0) is 32.4 Å². The van der Waals surface area contributed by atoms with Crippen LogP contribution in [0.3, 0.4) is 0 Å². The average Bonchev–Trinajstić information content (AvgIpc) is 2.42. The molecule has 0 aromatic rings. The summed E-state index contributed by atoms with van der Waals surface area (Å²) in [4.78, 5) is 14.0. The van der Waals surface area contributed by atoms with Crippen molar-refractivity contribution in [1.29, 1.82) is 0 Å². The third kappa shape index (κ3) is 1.17. The van der Waals surface area contributed by atoms with Crippen LogP contribution in [-0.2, 0) is 4.79 Å². The van der Waals surface area contributed by atoms with E-state index in [4.69, 9.17) is 11.6 Å². The normalized spacial score (nSPS) is 39.9. The third-order valence-corrected chi connectivity index (χ3v) is 3.52. The summed E-state index contributed by atoms with van der Waals surface area (Å²) in [5, 5.41) is 0. The second-order valence-electron chi connectivity index (χ2n) is 3.97. The van der Waals surface area contributed by atoms with E-state index >= 15 is 0 Å². The summed E-state index contributed by atoms with van der Waals surface area (Å²) in [6.07, 6.45) is 3.27. The van der Waals surface area contributed by atoms with E-state index in [1.807, 2.05) is 0 Å². The van der Waals surface area contributed by atoms with E-state index in [1.165, 1.54) is 13.0 Å². The zero-order valence-electron chi connectivity index (χ0n) is 7.18. The molecule has 68 valence electrons. The van der Waals surface area contributed by atoms with Gasteiger partial charge in [0.25, 0.3) is 0 Å². The molecule has 0 spiro atoms. The van der Waals surface area contributed by atoms with Crippen molar-refractivity contribution in [2.24, 2.45) is 5.41 Å². The molecule has 0 aromatic carbocycles. The van der Waals surface area contributed by atoms with Crippen molar-refractivity contribution in [3.8, 4) is 0 Å². The number of halogens is 1. The maximum atomic E-state index is 11.6. The molecule has 0 N–H and O–H groups in total. The molecule has 2 aliphatic rings. The van der Waals surface area contributed by atoms with Gasteiger partial charge >= 0.3 is 0 Å². The van der Waals surface area contributed by atoms with Gasteiger partial charge < -0.3 is 4.90 Å². The second kappa shape index (κ2) is 3.00. The lowest BCUT2D eigenvalue weighted by molar-refractivity contribution is -0.126. The van der Waals surface area contributed by atoms with Crippen LogP contribution in [0, 0.1) is 5.41 Å². The van der Waals surface area contributed by atoms with Gasteiger partial charge in [-0.3, -0.25) is 4.79 Å². The third-order valence-electron chi connectivity index (χ3n) is 3.28. The number of carbonyl (C=O) groups excluding carboxylic acids is 1. The molecule has 0 aromatic heterocycles. The number of hydrogen-bond donors (Lipinski definition) is 0. The predicted molar refractivity (Wildman–Crippen MR) is 48.5 cm³/mol. The Bertz CT molecular complexity index is 203. The fourth-order valence-electron chi connectivity index (χ4n) is 2.50. The van der Waals surface area contributed by atoms with Gasteiger partial charge in [0.1, 0.15) is 0 Å². The first-order valence-electron chi connectivity index (χ1n) is 4.58. The fraction of sp³-hybridized carbons (Fsp3) is 0.889. The summed E-state index contributed by atoms with van der Waals surface area (Å²) < 4.78 is 0. The molecule has 2 atom stereocenters. The molecule has 2 nitrogen and oxygen atoms in total. The number of rotatable bonds is 2. The lowest BCUT2D eigenvalue weighted by Gasteiger charge is -2.31. The molecule has 2 saturated heterocycles. The minimum Gasteiger partial charge on any atom is -0.302 e. The quantitative estimate of drug-likeness (QED) is 0.608. The number of hydrogen-bond acceptors (Lipinski definition) is 2. The standard InChI is InChI=1S/C9H14ClNO/c10-6-8(12)9-2-1-4-11(7-9)5-3-9/h1-7H2. The Morgan fingerprint density at radius 3 is 3.00 bits per heavy atom. The first-order valence-corrected chi connectivity index (χ1v) is 5.12. The summed E-state index contributed by atoms with van der Waals surface area (Å²) >= 11 is 5.60. The first-order chi connectivity index (χ1) is 5.77. The van der Waals surface area contributed by atoms with Crippen molar-refractivity contribution in [3.05, 3.63) is 0 Å². The second-order valence-corrected chi connectivity index (χ2v) is 4.23. The lowest BCUT2D eigenvalue weighted by Crippen LogP contribution is -2.40. The van der Waals surface area contributed by atoms with E-state index in [-0.39, 0.29) is 17.1 Å². The van der Waals surface area contributed by atoms with Crippen molar-refractivity contribution in [2.45, 2.75) is 19.3 Å². The van der Waals surface area contributed by atoms with Crippen LogP contribution < -0.4 is 0 Å². The monoisotopic (exact) mass is 187 g/mol. The van der Waals surface area contributed by atoms with E-state index < -0.39 is 0 Å². The Labute approximate surface area is 77.9 Å². The van der Waals surface area contributed by atoms with Gasteiger partial charge in [0, 0.05) is 12.0 Å². The highest BCUT2D eigenvalue weighted by molar-refractivity contribution is 6.28. The van der Waals surface area contributed by atoms with Crippen LogP contribution in [0.15, 0.2) is 0 Å². The van der Waals surface area contributed by atoms with Gasteiger partial charge in [-0.15, -0.1) is 11.6 Å². The van der Waals surface area contributed by atoms with Crippen molar-refractivity contribution in [3.63, 3.8) is 0 Å². The van der Waals surface area contributed by atoms with Crippen molar-refractivity contribution in [1.82, 2.24) is 4.90 Å². The van der Waals surface area contributed by atoms with Crippen LogP contribution in [0.1, 0.15) is 19.3 Å². The zero-order valence-corrected chi connectivity index (χ0v) is 7.94. The Morgan fingerprint density at radius 1 is 1.42 bits per heavy atom. The summed E-state index contributed by atoms with van der Waals surface area (Å²) in [5.41, 5.74) is -0.0417. The molecule has 2 heterocycles. The summed E-state index contributed by atoms with van der Waals surface area (Å²) in [6, 6.07) is 0. The number of fused-ring (bicyclic) bond motifs is 2. The Morgan fingerprint density at radius 2 is 2.25 bits per heavy atom. The molecule has 0 radical (unpaired) electrons. The van der Waals surface area contributed by atoms with Crippen LogP contribution in [0.4, 0.5) is 0 Å². The lowest BCUT2D eigenvalue weighted by atomic mass is 9.78. The molecule has 0 saturated carbocycles. The van der Waals surface area contributed by atoms with Gasteiger partial charge in [0.2, 0.25) is 0 Å². The number of carbonyl (C=O) groups is 1. The first kappa shape index (κ1) is 8.52. The predicted octanol–water partition coefficient (Wildman–Crippen LogP) is 1.28. The topological polar surface area (TPSA) is 20.3 Å². The highest BCUT2D eigenvalue weighted by Crippen LogP contribution is 2.40. The highest BCUT2D eigenvalue weighted by atomic mass is 35.5. The molecule has 12 heavy (non-hydrogen) atoms. The molecule has 0 aliphatic carbocycles. The number of ketones is 1. The van der Waals surface area contributed by atoms with Crippen LogP contribution >= 0.6 is 11.6 Å². The maximum absolute atomic E-state index is 11.6. The van der Waals surface area contributed by atoms with E-state index in [2.05, 4.69) is 4.90 Å². The molecule has 0 amide bonds. The van der Waals surface area contributed by atoms with E-state index in [0.29, 0.717) is 0 Å². The molecule has 2 bridgehead atoms. The van der Waals surface area contributed by atoms with Gasteiger partial charge in [-0.25, -0.2) is 0 Å². The largest absolute Gasteiger partial charge is 0.302 e. The summed E-state index contributed by atoms with van der Waals surface area (Å²) in [5.74, 6) is 0.472. The van der Waals surface area contributed by atoms with Crippen LogP contribution in [0.2, 0.25) is 0 Å². The average molecular weight is 188 g/mol. The van der Waals surface area contributed by atoms with Crippen molar-refractivity contribution < 1.29 is 4.79 Å². The Hall–Kier alpha value is -0.0800. The van der Waals surface area contributed by atoms with Gasteiger partial charge in [0.05, 0.1) is 5.88 Å². The summed E-state index contributed by atoms with van der Waals surface area (Å²) in [6.45, 7) is 3.25. The SMILES string of the molecule is O=C(CCl)C12CCCN(CC1)C2. The summed E-state index contributed by atoms with van der Waals surface area (Å²) in [7, 11) is 0. The molecular formula is C9H14ClNO. The maximum Gasteiger partial charge on any atom is 0.155 e. The van der Waals surface area contributed by atoms with Crippen molar-refractivity contribution >= 4 is 17.4 Å². The zero-order chi connectivity index (χ0) is 8.60. The van der Waals surface area contributed by atoms with E-state index in [0.717, 1.165) is 25.9 Å². The van der Waals surface area contributed by atoms with Gasteiger partial charge in [-0.2, -0.15) is 0 Å². The van der Waals surface area contributed by atoms with E-state index in [1.54, 1.807) is 0 Å². The molecule has 3 heteroatoms. The Balaban J connectivity index is 2.15. The molecule has 2 aliphatic heterocycles. The van der Waals surface area contributed by atoms with Crippen LogP contribution in [0.5, 0.6) is 0 Å². The number of piperidine rings is 1. The number of nitrogens with zero attached hydrogens (tertiary/aromatic N) is 1. The van der Waals surface area contributed by atoms with Crippen LogP contribution in [0.25, 0.3) is 0 Å². The number of Topliss-reactive ketones (excluding diaryl/α,β-unsaturated/α-hetero) is 1. The molecular weight excluding hydrogens is 174 g/mol. The van der Waals surface area contributed by atoms with Crippen molar-refractivity contribution in [2.75, 3.05) is 25.5 Å². The highest BCUT2D eigenvalue weighted by Gasteiger charge is 2.45. The minimum atomic E-state index is -0.0417. The van der Waals surface area contributed by atoms with Crippen LogP contribution in [-0.4, -0.2) is 36.2 Å². The fourth-order valence-corrected chi connectivity index (χ4v) is 2.79. The molecule has 2 fully saturated rings. The smallest absolute Gasteiger partial charge is 0.155 e. The number of alkyl halides is 1. The minimum absolute atomic E-state index is 0.0417.